The first-order valence-corrected chi connectivity index (χ1v) is 9.13. The summed E-state index contributed by atoms with van der Waals surface area (Å²) in [5, 5.41) is 0.455. The fraction of sp³-hybridized carbons (Fsp3) is 0.474. The Bertz CT molecular complexity index is 761. The van der Waals surface area contributed by atoms with Gasteiger partial charge in [-0.15, -0.1) is 0 Å². The highest BCUT2D eigenvalue weighted by atomic mass is 35.5. The maximum Gasteiger partial charge on any atom is 0.340 e. The number of hydrogen-bond acceptors (Lipinski definition) is 9. The number of rotatable bonds is 6. The van der Waals surface area contributed by atoms with Crippen LogP contribution >= 0.6 is 11.6 Å². The second kappa shape index (κ2) is 10.2. The quantitative estimate of drug-likeness (QED) is 0.495. The molecule has 1 fully saturated rings. The van der Waals surface area contributed by atoms with Crippen LogP contribution < -0.4 is 0 Å². The number of benzene rings is 1. The Morgan fingerprint density at radius 2 is 1.59 bits per heavy atom. The molecule has 0 N–H and O–H groups in total. The van der Waals surface area contributed by atoms with Gasteiger partial charge in [-0.3, -0.25) is 14.4 Å². The molecule has 1 aliphatic rings. The number of esters is 4. The van der Waals surface area contributed by atoms with E-state index >= 15 is 0 Å². The second-order valence-corrected chi connectivity index (χ2v) is 6.71. The van der Waals surface area contributed by atoms with Gasteiger partial charge in [0.05, 0.1) is 12.0 Å². The molecule has 0 aromatic heterocycles. The maximum atomic E-state index is 12.4. The summed E-state index contributed by atoms with van der Waals surface area (Å²) in [6.45, 7) is 3.28. The van der Waals surface area contributed by atoms with Crippen molar-refractivity contribution in [3.63, 3.8) is 0 Å². The standard InChI is InChI=1S/C19H21ClO9/c1-10(21)25-9-16-18(27-12(3)23)15(26-11(2)22)8-17(28-16)29-19(24)13-4-6-14(20)7-5-13/h4-7,15-18H,8-9H2,1-3H3/t15-,16-,17-,18+/m1/s1. The van der Waals surface area contributed by atoms with Gasteiger partial charge < -0.3 is 23.7 Å². The Labute approximate surface area is 172 Å². The zero-order valence-corrected chi connectivity index (χ0v) is 16.8. The Hall–Kier alpha value is -2.65. The van der Waals surface area contributed by atoms with Crippen LogP contribution in [0.3, 0.4) is 0 Å². The zero-order valence-electron chi connectivity index (χ0n) is 16.1. The van der Waals surface area contributed by atoms with Crippen molar-refractivity contribution in [3.05, 3.63) is 34.9 Å². The summed E-state index contributed by atoms with van der Waals surface area (Å²) < 4.78 is 26.4. The van der Waals surface area contributed by atoms with Crippen molar-refractivity contribution < 1.29 is 42.9 Å². The van der Waals surface area contributed by atoms with Gasteiger partial charge in [-0.05, 0) is 24.3 Å². The van der Waals surface area contributed by atoms with Gasteiger partial charge in [0.2, 0.25) is 6.29 Å². The second-order valence-electron chi connectivity index (χ2n) is 6.28. The number of carbonyl (C=O) groups is 4. The van der Waals surface area contributed by atoms with Gasteiger partial charge in [0.1, 0.15) is 18.8 Å². The minimum atomic E-state index is -1.13. The fourth-order valence-electron chi connectivity index (χ4n) is 2.75. The largest absolute Gasteiger partial charge is 0.463 e. The SMILES string of the molecule is CC(=O)OC[C@H]1O[C@H](OC(=O)c2ccc(Cl)cc2)C[C@@H](OC(C)=O)[C@@H]1OC(C)=O. The van der Waals surface area contributed by atoms with Gasteiger partial charge in [-0.25, -0.2) is 4.79 Å². The lowest BCUT2D eigenvalue weighted by Crippen LogP contribution is -2.54. The van der Waals surface area contributed by atoms with Crippen molar-refractivity contribution >= 4 is 35.5 Å². The molecule has 0 saturated carbocycles. The maximum absolute atomic E-state index is 12.4. The van der Waals surface area contributed by atoms with E-state index in [-0.39, 0.29) is 18.6 Å². The van der Waals surface area contributed by atoms with Crippen molar-refractivity contribution in [1.29, 1.82) is 0 Å². The molecule has 0 aliphatic carbocycles. The average Bonchev–Trinajstić information content (AvgIpc) is 2.62. The number of halogens is 1. The normalized spacial score (nSPS) is 23.6. The van der Waals surface area contributed by atoms with E-state index in [4.69, 9.17) is 35.3 Å². The molecule has 1 saturated heterocycles. The first-order chi connectivity index (χ1) is 13.7. The lowest BCUT2D eigenvalue weighted by atomic mass is 10.0. The first-order valence-electron chi connectivity index (χ1n) is 8.75. The van der Waals surface area contributed by atoms with E-state index in [0.717, 1.165) is 0 Å². The van der Waals surface area contributed by atoms with E-state index in [1.54, 1.807) is 0 Å². The molecule has 0 bridgehead atoms. The molecule has 1 aromatic rings. The Morgan fingerprint density at radius 3 is 2.14 bits per heavy atom. The third-order valence-electron chi connectivity index (χ3n) is 3.87. The molecule has 4 atom stereocenters. The van der Waals surface area contributed by atoms with Crippen LogP contribution in [0.1, 0.15) is 37.6 Å². The zero-order chi connectivity index (χ0) is 21.6. The van der Waals surface area contributed by atoms with Crippen molar-refractivity contribution in [1.82, 2.24) is 0 Å². The molecule has 10 heteroatoms. The van der Waals surface area contributed by atoms with E-state index in [1.807, 2.05) is 0 Å². The summed E-state index contributed by atoms with van der Waals surface area (Å²) in [6.07, 6.45) is -4.22. The minimum Gasteiger partial charge on any atom is -0.463 e. The third-order valence-corrected chi connectivity index (χ3v) is 4.12. The first kappa shape index (κ1) is 22.6. The van der Waals surface area contributed by atoms with E-state index in [1.165, 1.54) is 45.0 Å². The van der Waals surface area contributed by atoms with Gasteiger partial charge in [0.25, 0.3) is 0 Å². The van der Waals surface area contributed by atoms with Crippen LogP contribution in [0.25, 0.3) is 0 Å². The van der Waals surface area contributed by atoms with Crippen molar-refractivity contribution in [2.45, 2.75) is 51.8 Å². The Kier molecular flexibility index (Phi) is 7.98. The van der Waals surface area contributed by atoms with E-state index in [9.17, 15) is 19.2 Å². The van der Waals surface area contributed by atoms with E-state index in [0.29, 0.717) is 5.02 Å². The van der Waals surface area contributed by atoms with Crippen molar-refractivity contribution in [2.24, 2.45) is 0 Å². The van der Waals surface area contributed by atoms with Crippen LogP contribution in [0.15, 0.2) is 24.3 Å². The van der Waals surface area contributed by atoms with E-state index < -0.39 is 48.5 Å². The third kappa shape index (κ3) is 7.03. The van der Waals surface area contributed by atoms with Crippen LogP contribution in [-0.2, 0) is 38.1 Å². The molecule has 1 heterocycles. The Morgan fingerprint density at radius 1 is 0.966 bits per heavy atom. The molecule has 0 amide bonds. The molecular formula is C19H21ClO9. The smallest absolute Gasteiger partial charge is 0.340 e. The molecule has 1 aromatic carbocycles. The minimum absolute atomic E-state index is 0.0760. The summed E-state index contributed by atoms with van der Waals surface area (Å²) in [7, 11) is 0. The fourth-order valence-corrected chi connectivity index (χ4v) is 2.87. The number of carbonyl (C=O) groups excluding carboxylic acids is 4. The van der Waals surface area contributed by atoms with Crippen LogP contribution in [0.5, 0.6) is 0 Å². The molecule has 0 spiro atoms. The van der Waals surface area contributed by atoms with Gasteiger partial charge in [-0.1, -0.05) is 11.6 Å². The lowest BCUT2D eigenvalue weighted by Gasteiger charge is -2.39. The molecular weight excluding hydrogens is 408 g/mol. The summed E-state index contributed by atoms with van der Waals surface area (Å²) >= 11 is 5.80. The number of ether oxygens (including phenoxy) is 5. The van der Waals surface area contributed by atoms with Gasteiger partial charge in [-0.2, -0.15) is 0 Å². The van der Waals surface area contributed by atoms with Crippen LogP contribution in [0.2, 0.25) is 5.02 Å². The van der Waals surface area contributed by atoms with Crippen molar-refractivity contribution in [3.8, 4) is 0 Å². The average molecular weight is 429 g/mol. The monoisotopic (exact) mass is 428 g/mol. The molecule has 9 nitrogen and oxygen atoms in total. The summed E-state index contributed by atoms with van der Waals surface area (Å²) in [4.78, 5) is 46.5. The molecule has 29 heavy (non-hydrogen) atoms. The summed E-state index contributed by atoms with van der Waals surface area (Å²) in [5.41, 5.74) is 0.237. The molecule has 2 rings (SSSR count). The number of hydrogen-bond donors (Lipinski definition) is 0. The highest BCUT2D eigenvalue weighted by Gasteiger charge is 2.45. The van der Waals surface area contributed by atoms with Crippen LogP contribution in [-0.4, -0.2) is 55.1 Å². The lowest BCUT2D eigenvalue weighted by molar-refractivity contribution is -0.252. The topological polar surface area (TPSA) is 114 Å². The molecule has 158 valence electrons. The molecule has 1 aliphatic heterocycles. The van der Waals surface area contributed by atoms with Gasteiger partial charge >= 0.3 is 23.9 Å². The molecule has 0 radical (unpaired) electrons. The van der Waals surface area contributed by atoms with Crippen LogP contribution in [0.4, 0.5) is 0 Å². The van der Waals surface area contributed by atoms with Crippen molar-refractivity contribution in [2.75, 3.05) is 6.61 Å². The molecule has 0 unspecified atom stereocenters. The predicted octanol–water partition coefficient (Wildman–Crippen LogP) is 2.04. The van der Waals surface area contributed by atoms with Gasteiger partial charge in [0.15, 0.2) is 6.10 Å². The summed E-state index contributed by atoms with van der Waals surface area (Å²) in [5.74, 6) is -2.53. The highest BCUT2D eigenvalue weighted by Crippen LogP contribution is 2.27. The highest BCUT2D eigenvalue weighted by molar-refractivity contribution is 6.30. The van der Waals surface area contributed by atoms with Gasteiger partial charge in [0, 0.05) is 25.8 Å². The Balaban J connectivity index is 2.18. The predicted molar refractivity (Wildman–Crippen MR) is 97.9 cm³/mol. The van der Waals surface area contributed by atoms with Crippen LogP contribution in [0, 0.1) is 0 Å². The van der Waals surface area contributed by atoms with E-state index in [2.05, 4.69) is 0 Å². The summed E-state index contributed by atoms with van der Waals surface area (Å²) in [6, 6.07) is 6.02.